The lowest BCUT2D eigenvalue weighted by atomic mass is 10.3. The molecule has 0 bridgehead atoms. The molecule has 0 aromatic carbocycles. The summed E-state index contributed by atoms with van der Waals surface area (Å²) in [5.41, 5.74) is 8.08. The summed E-state index contributed by atoms with van der Waals surface area (Å²) < 4.78 is 1.87. The molecular formula is C9H12N4. The molecule has 2 aromatic heterocycles. The molecule has 0 aliphatic carbocycles. The Morgan fingerprint density at radius 2 is 2.23 bits per heavy atom. The predicted molar refractivity (Wildman–Crippen MR) is 52.3 cm³/mol. The van der Waals surface area contributed by atoms with Crippen molar-refractivity contribution >= 4 is 16.7 Å². The number of rotatable bonds is 1. The zero-order chi connectivity index (χ0) is 9.42. The molecule has 0 atom stereocenters. The highest BCUT2D eigenvalue weighted by Crippen LogP contribution is 2.17. The molecule has 4 heteroatoms. The topological polar surface area (TPSA) is 56.7 Å². The average Bonchev–Trinajstić information content (AvgIpc) is 2.49. The van der Waals surface area contributed by atoms with Gasteiger partial charge < -0.3 is 5.73 Å². The highest BCUT2D eigenvalue weighted by molar-refractivity contribution is 5.85. The molecular weight excluding hydrogens is 164 g/mol. The van der Waals surface area contributed by atoms with Crippen LogP contribution in [-0.2, 0) is 0 Å². The fraction of sp³-hybridized carbons (Fsp3) is 0.333. The average molecular weight is 176 g/mol. The third-order valence-electron chi connectivity index (χ3n) is 1.98. The van der Waals surface area contributed by atoms with Gasteiger partial charge in [0.15, 0.2) is 0 Å². The Hall–Kier alpha value is -1.58. The molecule has 68 valence electrons. The van der Waals surface area contributed by atoms with Crippen molar-refractivity contribution in [2.75, 3.05) is 5.73 Å². The zero-order valence-corrected chi connectivity index (χ0v) is 7.73. The van der Waals surface area contributed by atoms with Gasteiger partial charge in [0.25, 0.3) is 0 Å². The summed E-state index contributed by atoms with van der Waals surface area (Å²) >= 11 is 0. The van der Waals surface area contributed by atoms with Crippen molar-refractivity contribution in [1.29, 1.82) is 0 Å². The second-order valence-electron chi connectivity index (χ2n) is 3.34. The molecule has 0 spiro atoms. The van der Waals surface area contributed by atoms with E-state index in [1.807, 2.05) is 10.9 Å². The van der Waals surface area contributed by atoms with E-state index in [-0.39, 0.29) is 0 Å². The van der Waals surface area contributed by atoms with Crippen molar-refractivity contribution in [2.45, 2.75) is 19.9 Å². The van der Waals surface area contributed by atoms with E-state index in [4.69, 9.17) is 5.73 Å². The standard InChI is InChI=1S/C9H12N4/c1-6(2)13-5-8-9(12-13)7(10)3-4-11-8/h3-6H,10H2,1-2H3. The lowest BCUT2D eigenvalue weighted by molar-refractivity contribution is 0.537. The first-order valence-electron chi connectivity index (χ1n) is 4.28. The van der Waals surface area contributed by atoms with Crippen LogP contribution in [0.25, 0.3) is 11.0 Å². The number of hydrogen-bond acceptors (Lipinski definition) is 3. The van der Waals surface area contributed by atoms with Crippen LogP contribution in [0.1, 0.15) is 19.9 Å². The fourth-order valence-corrected chi connectivity index (χ4v) is 1.22. The molecule has 0 aliphatic heterocycles. The van der Waals surface area contributed by atoms with E-state index in [1.165, 1.54) is 0 Å². The van der Waals surface area contributed by atoms with Crippen molar-refractivity contribution in [3.63, 3.8) is 0 Å². The first kappa shape index (κ1) is 8.04. The van der Waals surface area contributed by atoms with Gasteiger partial charge in [0.2, 0.25) is 0 Å². The Balaban J connectivity index is 2.68. The molecule has 0 saturated heterocycles. The SMILES string of the molecule is CC(C)n1cc2nccc(N)c2n1. The Bertz CT molecular complexity index is 430. The van der Waals surface area contributed by atoms with Crippen LogP contribution in [0.2, 0.25) is 0 Å². The monoisotopic (exact) mass is 176 g/mol. The lowest BCUT2D eigenvalue weighted by Gasteiger charge is -2.02. The van der Waals surface area contributed by atoms with Crippen LogP contribution < -0.4 is 5.73 Å². The predicted octanol–water partition coefficient (Wildman–Crippen LogP) is 1.59. The maximum absolute atomic E-state index is 5.75. The molecule has 2 rings (SSSR count). The molecule has 2 heterocycles. The molecule has 0 fully saturated rings. The first-order valence-corrected chi connectivity index (χ1v) is 4.28. The quantitative estimate of drug-likeness (QED) is 0.717. The summed E-state index contributed by atoms with van der Waals surface area (Å²) in [6.07, 6.45) is 3.61. The molecule has 0 radical (unpaired) electrons. The number of aromatic nitrogens is 3. The van der Waals surface area contributed by atoms with Crippen molar-refractivity contribution < 1.29 is 0 Å². The molecule has 2 aromatic rings. The first-order chi connectivity index (χ1) is 6.18. The van der Waals surface area contributed by atoms with Gasteiger partial charge in [0.1, 0.15) is 11.0 Å². The Morgan fingerprint density at radius 3 is 2.85 bits per heavy atom. The minimum atomic E-state index is 0.341. The summed E-state index contributed by atoms with van der Waals surface area (Å²) in [5, 5.41) is 4.34. The minimum absolute atomic E-state index is 0.341. The summed E-state index contributed by atoms with van der Waals surface area (Å²) in [5.74, 6) is 0. The maximum Gasteiger partial charge on any atom is 0.134 e. The lowest BCUT2D eigenvalue weighted by Crippen LogP contribution is -2.00. The Morgan fingerprint density at radius 1 is 1.46 bits per heavy atom. The third-order valence-corrected chi connectivity index (χ3v) is 1.98. The summed E-state index contributed by atoms with van der Waals surface area (Å²) in [4.78, 5) is 4.18. The van der Waals surface area contributed by atoms with Crippen molar-refractivity contribution in [3.8, 4) is 0 Å². The van der Waals surface area contributed by atoms with Gasteiger partial charge in [0.05, 0.1) is 11.9 Å². The van der Waals surface area contributed by atoms with Gasteiger partial charge in [-0.1, -0.05) is 0 Å². The second-order valence-corrected chi connectivity index (χ2v) is 3.34. The van der Waals surface area contributed by atoms with Crippen LogP contribution in [0, 0.1) is 0 Å². The van der Waals surface area contributed by atoms with Gasteiger partial charge in [-0.25, -0.2) is 0 Å². The van der Waals surface area contributed by atoms with Gasteiger partial charge in [0, 0.05) is 12.2 Å². The van der Waals surface area contributed by atoms with E-state index in [2.05, 4.69) is 23.9 Å². The molecule has 13 heavy (non-hydrogen) atoms. The van der Waals surface area contributed by atoms with Crippen molar-refractivity contribution in [3.05, 3.63) is 18.5 Å². The van der Waals surface area contributed by atoms with Gasteiger partial charge in [-0.2, -0.15) is 5.10 Å². The normalized spacial score (nSPS) is 11.3. The van der Waals surface area contributed by atoms with Crippen LogP contribution >= 0.6 is 0 Å². The van der Waals surface area contributed by atoms with Crippen LogP contribution in [0.15, 0.2) is 18.5 Å². The van der Waals surface area contributed by atoms with Gasteiger partial charge >= 0.3 is 0 Å². The highest BCUT2D eigenvalue weighted by atomic mass is 15.3. The number of nitrogens with zero attached hydrogens (tertiary/aromatic N) is 3. The van der Waals surface area contributed by atoms with Crippen molar-refractivity contribution in [2.24, 2.45) is 0 Å². The van der Waals surface area contributed by atoms with E-state index >= 15 is 0 Å². The summed E-state index contributed by atoms with van der Waals surface area (Å²) in [6.45, 7) is 4.14. The number of nitrogen functional groups attached to an aromatic ring is 1. The summed E-state index contributed by atoms with van der Waals surface area (Å²) in [7, 11) is 0. The second kappa shape index (κ2) is 2.73. The van der Waals surface area contributed by atoms with Crippen LogP contribution in [-0.4, -0.2) is 14.8 Å². The number of fused-ring (bicyclic) bond motifs is 1. The maximum atomic E-state index is 5.75. The van der Waals surface area contributed by atoms with E-state index in [0.717, 1.165) is 11.0 Å². The number of pyridine rings is 1. The van der Waals surface area contributed by atoms with E-state index < -0.39 is 0 Å². The zero-order valence-electron chi connectivity index (χ0n) is 7.73. The van der Waals surface area contributed by atoms with E-state index in [0.29, 0.717) is 11.7 Å². The van der Waals surface area contributed by atoms with E-state index in [1.54, 1.807) is 12.3 Å². The molecule has 4 nitrogen and oxygen atoms in total. The largest absolute Gasteiger partial charge is 0.397 e. The summed E-state index contributed by atoms with van der Waals surface area (Å²) in [6, 6.07) is 2.11. The number of anilines is 1. The molecule has 0 aliphatic rings. The fourth-order valence-electron chi connectivity index (χ4n) is 1.22. The molecule has 0 amide bonds. The van der Waals surface area contributed by atoms with E-state index in [9.17, 15) is 0 Å². The smallest absolute Gasteiger partial charge is 0.134 e. The van der Waals surface area contributed by atoms with Crippen molar-refractivity contribution in [1.82, 2.24) is 14.8 Å². The van der Waals surface area contributed by atoms with Crippen LogP contribution in [0.4, 0.5) is 5.69 Å². The van der Waals surface area contributed by atoms with Gasteiger partial charge in [-0.05, 0) is 19.9 Å². The highest BCUT2D eigenvalue weighted by Gasteiger charge is 2.05. The van der Waals surface area contributed by atoms with Gasteiger partial charge in [-0.3, -0.25) is 9.67 Å². The number of hydrogen-bond donors (Lipinski definition) is 1. The van der Waals surface area contributed by atoms with Crippen LogP contribution in [0.5, 0.6) is 0 Å². The molecule has 0 saturated carbocycles. The number of nitrogens with two attached hydrogens (primary N) is 1. The Kier molecular flexibility index (Phi) is 1.69. The minimum Gasteiger partial charge on any atom is -0.397 e. The Labute approximate surface area is 76.4 Å². The van der Waals surface area contributed by atoms with Crippen LogP contribution in [0.3, 0.4) is 0 Å². The molecule has 0 unspecified atom stereocenters. The third kappa shape index (κ3) is 1.24. The van der Waals surface area contributed by atoms with Gasteiger partial charge in [-0.15, -0.1) is 0 Å². The molecule has 2 N–H and O–H groups in total.